The van der Waals surface area contributed by atoms with Crippen molar-refractivity contribution in [3.63, 3.8) is 0 Å². The maximum atomic E-state index is 11.1. The summed E-state index contributed by atoms with van der Waals surface area (Å²) in [6.07, 6.45) is 1.71. The van der Waals surface area contributed by atoms with Crippen LogP contribution >= 0.6 is 0 Å². The van der Waals surface area contributed by atoms with Gasteiger partial charge in [-0.2, -0.15) is 0 Å². The number of benzene rings is 1. The molecular weight excluding hydrogens is 272 g/mol. The van der Waals surface area contributed by atoms with E-state index in [2.05, 4.69) is 6.58 Å². The molecule has 6 nitrogen and oxygen atoms in total. The average molecular weight is 294 g/mol. The van der Waals surface area contributed by atoms with E-state index in [1.54, 1.807) is 18.2 Å². The Morgan fingerprint density at radius 2 is 2.14 bits per heavy atom. The Morgan fingerprint density at radius 3 is 2.62 bits per heavy atom. The molecule has 21 heavy (non-hydrogen) atoms. The van der Waals surface area contributed by atoms with Crippen molar-refractivity contribution >= 4 is 11.4 Å². The number of anilines is 1. The number of aliphatic hydroxyl groups is 1. The van der Waals surface area contributed by atoms with Gasteiger partial charge in [-0.05, 0) is 26.8 Å². The molecule has 0 saturated heterocycles. The molecule has 0 radical (unpaired) electrons. The van der Waals surface area contributed by atoms with Crippen LogP contribution in [0, 0.1) is 10.1 Å². The van der Waals surface area contributed by atoms with E-state index < -0.39 is 10.5 Å². The van der Waals surface area contributed by atoms with Crippen LogP contribution < -0.4 is 9.64 Å². The zero-order chi connectivity index (χ0) is 16.0. The van der Waals surface area contributed by atoms with Gasteiger partial charge in [-0.3, -0.25) is 10.1 Å². The zero-order valence-corrected chi connectivity index (χ0v) is 12.7. The van der Waals surface area contributed by atoms with Crippen molar-refractivity contribution in [2.75, 3.05) is 24.6 Å². The smallest absolute Gasteiger partial charge is 0.311 e. The van der Waals surface area contributed by atoms with Crippen LogP contribution in [0.15, 0.2) is 30.9 Å². The van der Waals surface area contributed by atoms with Crippen LogP contribution in [-0.4, -0.2) is 35.3 Å². The van der Waals surface area contributed by atoms with Crippen molar-refractivity contribution in [2.24, 2.45) is 0 Å². The molecule has 0 atom stereocenters. The van der Waals surface area contributed by atoms with Crippen molar-refractivity contribution in [3.8, 4) is 5.75 Å². The second-order valence-corrected chi connectivity index (χ2v) is 5.58. The van der Waals surface area contributed by atoms with Crippen molar-refractivity contribution < 1.29 is 14.8 Å². The molecule has 0 spiro atoms. The lowest BCUT2D eigenvalue weighted by atomic mass is 10.1. The summed E-state index contributed by atoms with van der Waals surface area (Å²) in [5, 5.41) is 20.2. The first kappa shape index (κ1) is 17.0. The van der Waals surface area contributed by atoms with E-state index in [4.69, 9.17) is 9.84 Å². The van der Waals surface area contributed by atoms with Crippen LogP contribution in [0.25, 0.3) is 0 Å². The van der Waals surface area contributed by atoms with Gasteiger partial charge in [-0.15, -0.1) is 6.58 Å². The molecule has 0 saturated carbocycles. The summed E-state index contributed by atoms with van der Waals surface area (Å²) in [4.78, 5) is 12.5. The van der Waals surface area contributed by atoms with Crippen molar-refractivity contribution in [1.82, 2.24) is 0 Å². The van der Waals surface area contributed by atoms with E-state index in [0.717, 1.165) is 5.69 Å². The summed E-state index contributed by atoms with van der Waals surface area (Å²) in [5.74, 6) is 0.219. The van der Waals surface area contributed by atoms with Gasteiger partial charge in [0.15, 0.2) is 5.75 Å². The van der Waals surface area contributed by atoms with Gasteiger partial charge in [-0.25, -0.2) is 0 Å². The molecule has 1 rings (SSSR count). The fraction of sp³-hybridized carbons (Fsp3) is 0.467. The number of nitrogens with zero attached hydrogens (tertiary/aromatic N) is 2. The van der Waals surface area contributed by atoms with Gasteiger partial charge in [0, 0.05) is 30.9 Å². The van der Waals surface area contributed by atoms with Gasteiger partial charge >= 0.3 is 5.69 Å². The number of aliphatic hydroxyl groups excluding tert-OH is 1. The Kier molecular flexibility index (Phi) is 5.72. The van der Waals surface area contributed by atoms with Crippen molar-refractivity contribution in [1.29, 1.82) is 0 Å². The lowest BCUT2D eigenvalue weighted by molar-refractivity contribution is -0.386. The monoisotopic (exact) mass is 294 g/mol. The minimum absolute atomic E-state index is 0.0136. The standard InChI is InChI=1S/C15H22N2O4/c1-5-8-16(9-10-18)12-6-7-13(17(19)20)14(11-12)21-15(2,3)4/h5-7,11,18H,1,8-10H2,2-4H3. The molecule has 116 valence electrons. The maximum absolute atomic E-state index is 11.1. The van der Waals surface area contributed by atoms with E-state index in [9.17, 15) is 10.1 Å². The zero-order valence-electron chi connectivity index (χ0n) is 12.7. The Labute approximate surface area is 124 Å². The van der Waals surface area contributed by atoms with E-state index in [1.165, 1.54) is 6.07 Å². The first-order valence-electron chi connectivity index (χ1n) is 6.72. The summed E-state index contributed by atoms with van der Waals surface area (Å²) in [7, 11) is 0. The van der Waals surface area contributed by atoms with Crippen LogP contribution in [0.5, 0.6) is 5.75 Å². The molecule has 1 aromatic rings. The van der Waals surface area contributed by atoms with Crippen LogP contribution in [0.1, 0.15) is 20.8 Å². The molecule has 0 aromatic heterocycles. The van der Waals surface area contributed by atoms with Crippen molar-refractivity contribution in [3.05, 3.63) is 41.0 Å². The number of ether oxygens (including phenoxy) is 1. The van der Waals surface area contributed by atoms with E-state index >= 15 is 0 Å². The largest absolute Gasteiger partial charge is 0.481 e. The SMILES string of the molecule is C=CCN(CCO)c1ccc([N+](=O)[O-])c(OC(C)(C)C)c1. The number of nitro benzene ring substituents is 1. The third kappa shape index (κ3) is 5.07. The highest BCUT2D eigenvalue weighted by atomic mass is 16.6. The Morgan fingerprint density at radius 1 is 1.48 bits per heavy atom. The fourth-order valence-corrected chi connectivity index (χ4v) is 1.86. The van der Waals surface area contributed by atoms with Crippen LogP contribution in [0.2, 0.25) is 0 Å². The molecule has 0 fully saturated rings. The van der Waals surface area contributed by atoms with Gasteiger partial charge in [0.1, 0.15) is 5.60 Å². The minimum atomic E-state index is -0.538. The molecule has 1 N–H and O–H groups in total. The number of hydrogen-bond donors (Lipinski definition) is 1. The van der Waals surface area contributed by atoms with Gasteiger partial charge < -0.3 is 14.7 Å². The molecule has 0 unspecified atom stereocenters. The first-order chi connectivity index (χ1) is 9.78. The van der Waals surface area contributed by atoms with Crippen LogP contribution in [0.3, 0.4) is 0 Å². The summed E-state index contributed by atoms with van der Waals surface area (Å²) >= 11 is 0. The third-order valence-corrected chi connectivity index (χ3v) is 2.64. The molecule has 0 heterocycles. The van der Waals surface area contributed by atoms with Gasteiger partial charge in [0.25, 0.3) is 0 Å². The van der Waals surface area contributed by atoms with Gasteiger partial charge in [-0.1, -0.05) is 6.08 Å². The van der Waals surface area contributed by atoms with E-state index in [0.29, 0.717) is 13.1 Å². The summed E-state index contributed by atoms with van der Waals surface area (Å²) in [6.45, 7) is 10.1. The number of nitro groups is 1. The molecule has 1 aromatic carbocycles. The highest BCUT2D eigenvalue weighted by Gasteiger charge is 2.22. The molecule has 0 amide bonds. The Hall–Kier alpha value is -2.08. The summed E-state index contributed by atoms with van der Waals surface area (Å²) < 4.78 is 5.68. The molecule has 0 aliphatic heterocycles. The summed E-state index contributed by atoms with van der Waals surface area (Å²) in [5.41, 5.74) is 0.133. The highest BCUT2D eigenvalue weighted by molar-refractivity contribution is 5.59. The lowest BCUT2D eigenvalue weighted by Crippen LogP contribution is -2.27. The normalized spacial score (nSPS) is 11.0. The maximum Gasteiger partial charge on any atom is 0.311 e. The number of rotatable bonds is 7. The van der Waals surface area contributed by atoms with Gasteiger partial charge in [0.05, 0.1) is 11.5 Å². The third-order valence-electron chi connectivity index (χ3n) is 2.64. The first-order valence-corrected chi connectivity index (χ1v) is 6.72. The molecule has 0 aliphatic rings. The lowest BCUT2D eigenvalue weighted by Gasteiger charge is -2.25. The summed E-state index contributed by atoms with van der Waals surface area (Å²) in [6, 6.07) is 4.69. The predicted octanol–water partition coefficient (Wildman–Crippen LogP) is 2.76. The van der Waals surface area contributed by atoms with Crippen LogP contribution in [-0.2, 0) is 0 Å². The molecule has 0 aliphatic carbocycles. The Balaban J connectivity index is 3.21. The van der Waals surface area contributed by atoms with Crippen LogP contribution in [0.4, 0.5) is 11.4 Å². The molecular formula is C15H22N2O4. The van der Waals surface area contributed by atoms with E-state index in [1.807, 2.05) is 25.7 Å². The Bertz CT molecular complexity index is 509. The number of hydrogen-bond acceptors (Lipinski definition) is 5. The van der Waals surface area contributed by atoms with Gasteiger partial charge in [0.2, 0.25) is 0 Å². The van der Waals surface area contributed by atoms with E-state index in [-0.39, 0.29) is 18.0 Å². The quantitative estimate of drug-likeness (QED) is 0.475. The second-order valence-electron chi connectivity index (χ2n) is 5.58. The second kappa shape index (κ2) is 7.08. The molecule has 0 bridgehead atoms. The topological polar surface area (TPSA) is 75.8 Å². The minimum Gasteiger partial charge on any atom is -0.481 e. The molecule has 6 heteroatoms. The highest BCUT2D eigenvalue weighted by Crippen LogP contribution is 2.34. The fourth-order valence-electron chi connectivity index (χ4n) is 1.86. The predicted molar refractivity (Wildman–Crippen MR) is 83.0 cm³/mol. The van der Waals surface area contributed by atoms with Crippen molar-refractivity contribution in [2.45, 2.75) is 26.4 Å². The average Bonchev–Trinajstić information content (AvgIpc) is 2.36.